The van der Waals surface area contributed by atoms with Gasteiger partial charge in [0.15, 0.2) is 5.65 Å². The van der Waals surface area contributed by atoms with Gasteiger partial charge in [-0.05, 0) is 30.9 Å². The monoisotopic (exact) mass is 332 g/mol. The fourth-order valence-corrected chi connectivity index (χ4v) is 3.40. The van der Waals surface area contributed by atoms with Gasteiger partial charge in [0.2, 0.25) is 0 Å². The van der Waals surface area contributed by atoms with Crippen molar-refractivity contribution < 1.29 is 9.53 Å². The van der Waals surface area contributed by atoms with Gasteiger partial charge < -0.3 is 15.0 Å². The molecule has 0 bridgehead atoms. The van der Waals surface area contributed by atoms with Crippen LogP contribution < -0.4 is 11.0 Å². The Hall–Kier alpha value is -2.15. The van der Waals surface area contributed by atoms with Crippen molar-refractivity contribution in [2.75, 3.05) is 6.61 Å². The van der Waals surface area contributed by atoms with E-state index in [9.17, 15) is 9.59 Å². The van der Waals surface area contributed by atoms with Crippen LogP contribution in [0, 0.1) is 5.92 Å². The molecule has 0 spiro atoms. The molecule has 1 saturated heterocycles. The fourth-order valence-electron chi connectivity index (χ4n) is 3.40. The molecule has 24 heavy (non-hydrogen) atoms. The van der Waals surface area contributed by atoms with Crippen LogP contribution in [0.5, 0.6) is 0 Å². The number of carbonyl (C=O) groups excluding carboxylic acids is 1. The van der Waals surface area contributed by atoms with Gasteiger partial charge in [0.25, 0.3) is 5.91 Å². The smallest absolute Gasteiger partial charge is 0.325 e. The van der Waals surface area contributed by atoms with Gasteiger partial charge in [-0.3, -0.25) is 9.78 Å². The highest BCUT2D eigenvalue weighted by Crippen LogP contribution is 2.25. The number of nitrogens with one attached hydrogen (secondary N) is 3. The summed E-state index contributed by atoms with van der Waals surface area (Å²) in [5.74, 6) is 0.318. The Kier molecular flexibility index (Phi) is 4.99. The third-order valence-electron chi connectivity index (χ3n) is 4.83. The number of pyridine rings is 1. The highest BCUT2D eigenvalue weighted by atomic mass is 16.5. The second kappa shape index (κ2) is 7.17. The molecule has 0 saturated carbocycles. The summed E-state index contributed by atoms with van der Waals surface area (Å²) < 4.78 is 5.89. The number of aromatic nitrogens is 3. The topological polar surface area (TPSA) is 99.9 Å². The number of carbonyl (C=O) groups is 1. The lowest BCUT2D eigenvalue weighted by molar-refractivity contribution is -0.0337. The Labute approximate surface area is 140 Å². The zero-order valence-electron chi connectivity index (χ0n) is 14.1. The third kappa shape index (κ3) is 3.51. The van der Waals surface area contributed by atoms with Crippen LogP contribution in [0.2, 0.25) is 0 Å². The minimum Gasteiger partial charge on any atom is -0.378 e. The molecule has 0 aliphatic carbocycles. The maximum atomic E-state index is 12.5. The molecule has 130 valence electrons. The molecule has 2 aromatic rings. The van der Waals surface area contributed by atoms with Gasteiger partial charge in [0.1, 0.15) is 5.69 Å². The van der Waals surface area contributed by atoms with E-state index < -0.39 is 0 Å². The number of rotatable bonds is 5. The molecule has 3 N–H and O–H groups in total. The Morgan fingerprint density at radius 1 is 1.38 bits per heavy atom. The number of H-pyrrole nitrogens is 2. The molecule has 7 nitrogen and oxygen atoms in total. The summed E-state index contributed by atoms with van der Waals surface area (Å²) in [6.07, 6.45) is 4.02. The van der Waals surface area contributed by atoms with Crippen molar-refractivity contribution in [2.24, 2.45) is 5.92 Å². The zero-order valence-corrected chi connectivity index (χ0v) is 14.1. The van der Waals surface area contributed by atoms with E-state index in [-0.39, 0.29) is 23.7 Å². The SMILES string of the molecule is CCC(CC)C1CC(NC(=O)c2ccc3[nH]c(=O)[nH]c3n2)CCO1. The van der Waals surface area contributed by atoms with Crippen LogP contribution in [0.4, 0.5) is 0 Å². The normalized spacial score (nSPS) is 21.3. The molecule has 3 rings (SSSR count). The van der Waals surface area contributed by atoms with Crippen LogP contribution in [-0.4, -0.2) is 39.6 Å². The maximum absolute atomic E-state index is 12.5. The van der Waals surface area contributed by atoms with E-state index in [1.165, 1.54) is 0 Å². The van der Waals surface area contributed by atoms with Crippen molar-refractivity contribution in [1.82, 2.24) is 20.3 Å². The van der Waals surface area contributed by atoms with Gasteiger partial charge in [-0.15, -0.1) is 0 Å². The van der Waals surface area contributed by atoms with Crippen molar-refractivity contribution >= 4 is 17.1 Å². The lowest BCUT2D eigenvalue weighted by Gasteiger charge is -2.34. The number of hydrogen-bond donors (Lipinski definition) is 3. The van der Waals surface area contributed by atoms with E-state index in [0.29, 0.717) is 29.4 Å². The Bertz CT molecular complexity index is 763. The standard InChI is InChI=1S/C17H24N4O3/c1-3-10(4-2)14-9-11(7-8-24-14)18-16(22)13-6-5-12-15(19-13)21-17(23)20-12/h5-6,10-11,14H,3-4,7-9H2,1-2H3,(H,18,22)(H2,19,20,21,23). The molecule has 2 atom stereocenters. The van der Waals surface area contributed by atoms with Crippen molar-refractivity contribution in [3.63, 3.8) is 0 Å². The van der Waals surface area contributed by atoms with Crippen LogP contribution in [-0.2, 0) is 4.74 Å². The minimum absolute atomic E-state index is 0.0969. The third-order valence-corrected chi connectivity index (χ3v) is 4.83. The van der Waals surface area contributed by atoms with E-state index >= 15 is 0 Å². The first-order valence-corrected chi connectivity index (χ1v) is 8.62. The second-order valence-electron chi connectivity index (χ2n) is 6.35. The molecule has 1 aliphatic heterocycles. The first kappa shape index (κ1) is 16.7. The number of nitrogens with zero attached hydrogens (tertiary/aromatic N) is 1. The van der Waals surface area contributed by atoms with Crippen LogP contribution in [0.25, 0.3) is 11.2 Å². The number of imidazole rings is 1. The van der Waals surface area contributed by atoms with Gasteiger partial charge in [0.05, 0.1) is 11.6 Å². The summed E-state index contributed by atoms with van der Waals surface area (Å²) in [5.41, 5.74) is 0.974. The van der Waals surface area contributed by atoms with Crippen LogP contribution >= 0.6 is 0 Å². The highest BCUT2D eigenvalue weighted by molar-refractivity contribution is 5.94. The summed E-state index contributed by atoms with van der Waals surface area (Å²) in [5, 5.41) is 3.06. The number of amides is 1. The molecule has 3 heterocycles. The first-order chi connectivity index (χ1) is 11.6. The summed E-state index contributed by atoms with van der Waals surface area (Å²) in [7, 11) is 0. The molecule has 1 amide bonds. The first-order valence-electron chi connectivity index (χ1n) is 8.62. The van der Waals surface area contributed by atoms with Gasteiger partial charge in [0, 0.05) is 12.6 Å². The van der Waals surface area contributed by atoms with Crippen molar-refractivity contribution in [1.29, 1.82) is 0 Å². The molecule has 1 fully saturated rings. The number of aromatic amines is 2. The van der Waals surface area contributed by atoms with Gasteiger partial charge in [-0.2, -0.15) is 0 Å². The van der Waals surface area contributed by atoms with Gasteiger partial charge >= 0.3 is 5.69 Å². The predicted octanol–water partition coefficient (Wildman–Crippen LogP) is 1.96. The fraction of sp³-hybridized carbons (Fsp3) is 0.588. The molecule has 1 aliphatic rings. The molecule has 2 aromatic heterocycles. The minimum atomic E-state index is -0.326. The number of hydrogen-bond acceptors (Lipinski definition) is 4. The van der Waals surface area contributed by atoms with E-state index in [2.05, 4.69) is 34.1 Å². The number of ether oxygens (including phenoxy) is 1. The van der Waals surface area contributed by atoms with E-state index in [1.807, 2.05) is 0 Å². The van der Waals surface area contributed by atoms with E-state index in [0.717, 1.165) is 25.7 Å². The molecule has 7 heteroatoms. The van der Waals surface area contributed by atoms with Gasteiger partial charge in [-0.25, -0.2) is 9.78 Å². The average Bonchev–Trinajstić information content (AvgIpc) is 2.95. The van der Waals surface area contributed by atoms with Crippen molar-refractivity contribution in [3.8, 4) is 0 Å². The molecular weight excluding hydrogens is 308 g/mol. The van der Waals surface area contributed by atoms with Crippen LogP contribution in [0.3, 0.4) is 0 Å². The molecule has 0 aromatic carbocycles. The lowest BCUT2D eigenvalue weighted by Crippen LogP contribution is -2.44. The van der Waals surface area contributed by atoms with E-state index in [1.54, 1.807) is 12.1 Å². The summed E-state index contributed by atoms with van der Waals surface area (Å²) in [6, 6.07) is 3.41. The Morgan fingerprint density at radius 3 is 2.92 bits per heavy atom. The second-order valence-corrected chi connectivity index (χ2v) is 6.35. The zero-order chi connectivity index (χ0) is 17.1. The summed E-state index contributed by atoms with van der Waals surface area (Å²) >= 11 is 0. The predicted molar refractivity (Wildman–Crippen MR) is 91.0 cm³/mol. The van der Waals surface area contributed by atoms with Crippen LogP contribution in [0.15, 0.2) is 16.9 Å². The maximum Gasteiger partial charge on any atom is 0.325 e. The average molecular weight is 332 g/mol. The van der Waals surface area contributed by atoms with Crippen LogP contribution in [0.1, 0.15) is 50.0 Å². The Morgan fingerprint density at radius 2 is 2.17 bits per heavy atom. The molecular formula is C17H24N4O3. The highest BCUT2D eigenvalue weighted by Gasteiger charge is 2.28. The van der Waals surface area contributed by atoms with Gasteiger partial charge in [-0.1, -0.05) is 26.7 Å². The van der Waals surface area contributed by atoms with E-state index in [4.69, 9.17) is 4.74 Å². The quantitative estimate of drug-likeness (QED) is 0.779. The van der Waals surface area contributed by atoms with Crippen molar-refractivity contribution in [3.05, 3.63) is 28.3 Å². The summed E-state index contributed by atoms with van der Waals surface area (Å²) in [4.78, 5) is 33.1. The molecule has 0 radical (unpaired) electrons. The Balaban J connectivity index is 1.67. The summed E-state index contributed by atoms with van der Waals surface area (Å²) in [6.45, 7) is 5.02. The number of fused-ring (bicyclic) bond motifs is 1. The lowest BCUT2D eigenvalue weighted by atomic mass is 9.89. The van der Waals surface area contributed by atoms with Crippen molar-refractivity contribution in [2.45, 2.75) is 51.7 Å². The molecule has 2 unspecified atom stereocenters. The largest absolute Gasteiger partial charge is 0.378 e.